The largest absolute Gasteiger partial charge is 0.427 e. The first kappa shape index (κ1) is 43.1. The smallest absolute Gasteiger partial charge is 0.391 e. The van der Waals surface area contributed by atoms with Crippen molar-refractivity contribution in [2.24, 2.45) is 0 Å². The molecule has 0 radical (unpaired) electrons. The van der Waals surface area contributed by atoms with E-state index in [4.69, 9.17) is 28.1 Å². The Hall–Kier alpha value is -6.14. The van der Waals surface area contributed by atoms with Crippen LogP contribution < -0.4 is 18.1 Å². The first-order valence-corrected chi connectivity index (χ1v) is 24.4. The molecule has 20 heteroatoms. The van der Waals surface area contributed by atoms with Crippen LogP contribution in [0.15, 0.2) is 121 Å². The first-order chi connectivity index (χ1) is 30.9. The van der Waals surface area contributed by atoms with E-state index in [0.717, 1.165) is 44.8 Å². The molecule has 0 amide bonds. The quantitative estimate of drug-likeness (QED) is 0.0564. The molecule has 7 N–H and O–H groups in total. The minimum atomic E-state index is -3.25. The summed E-state index contributed by atoms with van der Waals surface area (Å²) in [6, 6.07) is 35.1. The van der Waals surface area contributed by atoms with Gasteiger partial charge in [0.15, 0.2) is 0 Å². The average Bonchev–Trinajstić information content (AvgIpc) is 4.11. The zero-order valence-electron chi connectivity index (χ0n) is 33.1. The van der Waals surface area contributed by atoms with E-state index in [9.17, 15) is 38.2 Å². The summed E-state index contributed by atoms with van der Waals surface area (Å²) in [5.74, 6) is 0.939. The van der Waals surface area contributed by atoms with Crippen LogP contribution in [0.25, 0.3) is 78.7 Å². The molecule has 7 aromatic rings. The summed E-state index contributed by atoms with van der Waals surface area (Å²) in [6.45, 7) is 0. The number of H-pyrrole nitrogens is 2. The topological polar surface area (TPSA) is 247 Å². The molecule has 9 rings (SSSR count). The Balaban J connectivity index is 1.38. The fraction of sp³-hybridized carbons (Fsp3) is 0.0455. The van der Waals surface area contributed by atoms with E-state index in [1.54, 1.807) is 97.1 Å². The number of hydrogen-bond acceptors (Lipinski definition) is 11. The molecule has 3 unspecified atom stereocenters. The molecule has 0 saturated carbocycles. The van der Waals surface area contributed by atoms with Crippen molar-refractivity contribution in [2.45, 2.75) is 12.8 Å². The van der Waals surface area contributed by atoms with E-state index in [2.05, 4.69) is 9.97 Å². The van der Waals surface area contributed by atoms with Gasteiger partial charge in [0.05, 0.1) is 22.8 Å². The monoisotopic (exact) mass is 936 g/mol. The summed E-state index contributed by atoms with van der Waals surface area (Å²) < 4.78 is 55.1. The van der Waals surface area contributed by atoms with E-state index in [0.29, 0.717) is 57.4 Å². The van der Waals surface area contributed by atoms with Crippen LogP contribution in [-0.2, 0) is 26.5 Å². The lowest BCUT2D eigenvalue weighted by Crippen LogP contribution is -1.90. The summed E-state index contributed by atoms with van der Waals surface area (Å²) >= 11 is 0. The predicted octanol–water partition coefficient (Wildman–Crippen LogP) is 9.81. The Morgan fingerprint density at radius 3 is 1.08 bits per heavy atom. The average molecular weight is 937 g/mol. The van der Waals surface area contributed by atoms with Gasteiger partial charge in [-0.2, -0.15) is 0 Å². The molecular formula is C44H36N4O12P4. The number of nitrogens with zero attached hydrogens (tertiary/aromatic N) is 2. The second-order valence-corrected chi connectivity index (χ2v) is 17.2. The first-order valence-electron chi connectivity index (χ1n) is 19.4. The Morgan fingerprint density at radius 2 is 0.750 bits per heavy atom. The van der Waals surface area contributed by atoms with Crippen LogP contribution in [0.5, 0.6) is 23.0 Å². The van der Waals surface area contributed by atoms with Gasteiger partial charge in [0.1, 0.15) is 23.0 Å². The van der Waals surface area contributed by atoms with Crippen molar-refractivity contribution in [3.8, 4) is 67.5 Å². The molecule has 0 saturated heterocycles. The van der Waals surface area contributed by atoms with E-state index < -0.39 is 33.4 Å². The highest BCUT2D eigenvalue weighted by Crippen LogP contribution is 2.41. The van der Waals surface area contributed by atoms with Crippen molar-refractivity contribution in [3.05, 3.63) is 144 Å². The van der Waals surface area contributed by atoms with Crippen LogP contribution in [0.3, 0.4) is 0 Å². The lowest BCUT2D eigenvalue weighted by Gasteiger charge is -2.09. The number of rotatable bonds is 12. The molecule has 64 heavy (non-hydrogen) atoms. The van der Waals surface area contributed by atoms with E-state index >= 15 is 0 Å². The van der Waals surface area contributed by atoms with Crippen molar-refractivity contribution in [3.63, 3.8) is 0 Å². The number of hydrogen-bond donors (Lipinski definition) is 7. The van der Waals surface area contributed by atoms with Crippen LogP contribution in [0.2, 0.25) is 0 Å². The molecular weight excluding hydrogens is 900 g/mol. The Bertz CT molecular complexity index is 3180. The van der Waals surface area contributed by atoms with E-state index in [1.807, 2.05) is 36.4 Å². The summed E-state index contributed by atoms with van der Waals surface area (Å²) in [4.78, 5) is 65.2. The van der Waals surface area contributed by atoms with Gasteiger partial charge >= 0.3 is 33.4 Å². The molecule has 16 nitrogen and oxygen atoms in total. The number of aromatic amines is 2. The minimum Gasteiger partial charge on any atom is -0.427 e. The van der Waals surface area contributed by atoms with Crippen LogP contribution in [-0.4, -0.2) is 44.4 Å². The molecule has 2 aliphatic rings. The summed E-state index contributed by atoms with van der Waals surface area (Å²) in [7, 11) is -12.4. The van der Waals surface area contributed by atoms with Gasteiger partial charge in [0.25, 0.3) is 0 Å². The number of aromatic nitrogens is 4. The van der Waals surface area contributed by atoms with Gasteiger partial charge in [-0.05, 0) is 120 Å². The van der Waals surface area contributed by atoms with Gasteiger partial charge in [0, 0.05) is 44.3 Å². The third-order valence-electron chi connectivity index (χ3n) is 10.4. The Labute approximate surface area is 367 Å². The van der Waals surface area contributed by atoms with Crippen LogP contribution in [0, 0.1) is 0 Å². The van der Waals surface area contributed by atoms with Crippen LogP contribution in [0.1, 0.15) is 22.8 Å². The molecule has 4 aromatic carbocycles. The molecule has 0 aliphatic carbocycles. The zero-order chi connectivity index (χ0) is 44.5. The van der Waals surface area contributed by atoms with Crippen molar-refractivity contribution >= 4 is 67.6 Å². The minimum absolute atomic E-state index is 0.219. The lowest BCUT2D eigenvalue weighted by molar-refractivity contribution is 0.375. The highest BCUT2D eigenvalue weighted by atomic mass is 31.2. The van der Waals surface area contributed by atoms with Gasteiger partial charge in [-0.3, -0.25) is 4.98 Å². The normalized spacial score (nSPS) is 13.7. The molecule has 8 bridgehead atoms. The third kappa shape index (κ3) is 9.38. The van der Waals surface area contributed by atoms with Crippen LogP contribution >= 0.6 is 33.4 Å². The zero-order valence-corrected chi connectivity index (χ0v) is 36.9. The second-order valence-electron chi connectivity index (χ2n) is 14.3. The van der Waals surface area contributed by atoms with Gasteiger partial charge in [0.2, 0.25) is 0 Å². The second kappa shape index (κ2) is 18.5. The molecule has 0 fully saturated rings. The van der Waals surface area contributed by atoms with Gasteiger partial charge in [-0.1, -0.05) is 48.5 Å². The molecule has 5 heterocycles. The third-order valence-corrected chi connectivity index (χ3v) is 12.0. The van der Waals surface area contributed by atoms with Crippen molar-refractivity contribution in [2.75, 3.05) is 0 Å². The number of nitrogens with one attached hydrogen (secondary N) is 2. The highest BCUT2D eigenvalue weighted by Gasteiger charge is 2.22. The van der Waals surface area contributed by atoms with Gasteiger partial charge < -0.3 is 52.5 Å². The standard InChI is InChI=1S/C44H36N4O12P4/c49-61(50)57-29-9-1-25(2-10-29)41-33-17-19-35(45-33)42(26-3-11-30(12-4-26)58-62(51)52)37-21-23-39(47-37)44(28-7-15-32(16-8-28)60-64(55)56)40-24-22-38(48-40)43(36-20-18-34(41)46-36)27-5-13-31(14-6-27)59-63(53)54/h1-21,23,46-47,49-50,62-64H,22,24H2,(H,51,52)(H,53,54)(H,55,56). The molecule has 324 valence electrons. The number of fused-ring (bicyclic) bond motifs is 8. The SMILES string of the molecule is O=[PH](O)Oc1ccc(-c2c3nc(c(-c4ccc(OP(O)O)cc4)c4ccc([nH]4)c(-c4ccc(O[PH](=O)O)cc4)c4nc(c(-c5ccc(O[PH](=O)O)cc5)c5ccc2[nH]5)CC4)C=C3)cc1. The highest BCUT2D eigenvalue weighted by molar-refractivity contribution is 7.39. The summed E-state index contributed by atoms with van der Waals surface area (Å²) in [5, 5.41) is 0. The lowest BCUT2D eigenvalue weighted by atomic mass is 10.0. The van der Waals surface area contributed by atoms with Gasteiger partial charge in [-0.15, -0.1) is 0 Å². The van der Waals surface area contributed by atoms with E-state index in [-0.39, 0.29) is 23.0 Å². The summed E-state index contributed by atoms with van der Waals surface area (Å²) in [5.41, 5.74) is 11.4. The fourth-order valence-corrected chi connectivity index (χ4v) is 9.20. The summed E-state index contributed by atoms with van der Waals surface area (Å²) in [6.07, 6.45) is 4.85. The molecule has 0 spiro atoms. The Morgan fingerprint density at radius 1 is 0.438 bits per heavy atom. The van der Waals surface area contributed by atoms with E-state index in [1.165, 1.54) is 0 Å². The van der Waals surface area contributed by atoms with Crippen molar-refractivity contribution < 1.29 is 56.3 Å². The predicted molar refractivity (Wildman–Crippen MR) is 247 cm³/mol. The number of aryl methyl sites for hydroxylation is 2. The number of benzene rings is 4. The Kier molecular flexibility index (Phi) is 12.5. The van der Waals surface area contributed by atoms with Gasteiger partial charge in [-0.25, -0.2) is 18.7 Å². The molecule has 3 atom stereocenters. The van der Waals surface area contributed by atoms with Crippen LogP contribution in [0.4, 0.5) is 0 Å². The van der Waals surface area contributed by atoms with Crippen molar-refractivity contribution in [1.82, 2.24) is 19.9 Å². The molecule has 3 aromatic heterocycles. The maximum Gasteiger partial charge on any atom is 0.391 e. The maximum atomic E-state index is 11.5. The molecule has 2 aliphatic heterocycles. The van der Waals surface area contributed by atoms with Crippen molar-refractivity contribution in [1.29, 1.82) is 0 Å². The maximum absolute atomic E-state index is 11.5. The fourth-order valence-electron chi connectivity index (χ4n) is 7.87.